The van der Waals surface area contributed by atoms with Gasteiger partial charge in [0.1, 0.15) is 18.2 Å². The van der Waals surface area contributed by atoms with E-state index >= 15 is 0 Å². The van der Waals surface area contributed by atoms with Crippen molar-refractivity contribution in [1.82, 2.24) is 20.1 Å². The fourth-order valence-corrected chi connectivity index (χ4v) is 3.49. The highest BCUT2D eigenvalue weighted by Crippen LogP contribution is 2.30. The van der Waals surface area contributed by atoms with Crippen molar-refractivity contribution in [2.24, 2.45) is 0 Å². The molecule has 0 fully saturated rings. The Morgan fingerprint density at radius 2 is 1.48 bits per heavy atom. The zero-order chi connectivity index (χ0) is 22.8. The van der Waals surface area contributed by atoms with E-state index in [-0.39, 0.29) is 35.9 Å². The maximum Gasteiger partial charge on any atom is 0.407 e. The molecule has 2 aromatic carbocycles. The van der Waals surface area contributed by atoms with Gasteiger partial charge in [0.05, 0.1) is 17.7 Å². The van der Waals surface area contributed by atoms with Crippen LogP contribution in [-0.2, 0) is 11.3 Å². The molecule has 10 heteroatoms. The lowest BCUT2D eigenvalue weighted by Gasteiger charge is -2.20. The molecular weight excluding hydrogens is 538 g/mol. The number of ether oxygens (including phenoxy) is 1. The summed E-state index contributed by atoms with van der Waals surface area (Å²) >= 11 is 6.45. The highest BCUT2D eigenvalue weighted by Gasteiger charge is 2.21. The minimum Gasteiger partial charge on any atom is -0.448 e. The van der Waals surface area contributed by atoms with Gasteiger partial charge in [-0.3, -0.25) is 0 Å². The molecule has 0 unspecified atom stereocenters. The van der Waals surface area contributed by atoms with Gasteiger partial charge in [-0.15, -0.1) is 10.2 Å². The number of nitrogens with one attached hydrogen (secondary N) is 1. The molecule has 0 radical (unpaired) electrons. The molecule has 3 rings (SSSR count). The van der Waals surface area contributed by atoms with E-state index in [9.17, 15) is 13.6 Å². The Balaban J connectivity index is 1.97. The summed E-state index contributed by atoms with van der Waals surface area (Å²) in [5.74, 6) is -0.640. The van der Waals surface area contributed by atoms with Crippen LogP contribution in [0.4, 0.5) is 13.6 Å². The standard InChI is InChI=1S/C21H20Br2F2N4O2/c1-21(2,3)26-20(30)31-9-8-29-18(14-6-4-12(22)10-16(14)24)27-28-19(29)15-7-5-13(23)11-17(15)25/h4-7,10-11H,8-9H2,1-3H3,(H,26,30). The van der Waals surface area contributed by atoms with E-state index in [4.69, 9.17) is 4.74 Å². The summed E-state index contributed by atoms with van der Waals surface area (Å²) in [4.78, 5) is 12.0. The predicted octanol–water partition coefficient (Wildman–Crippen LogP) is 5.94. The van der Waals surface area contributed by atoms with Crippen molar-refractivity contribution < 1.29 is 18.3 Å². The van der Waals surface area contributed by atoms with Gasteiger partial charge in [-0.1, -0.05) is 31.9 Å². The fraction of sp³-hybridized carbons (Fsp3) is 0.286. The maximum absolute atomic E-state index is 14.6. The molecule has 0 saturated heterocycles. The third-order valence-corrected chi connectivity index (χ3v) is 5.11. The average Bonchev–Trinajstić information content (AvgIpc) is 3.03. The van der Waals surface area contributed by atoms with E-state index in [0.29, 0.717) is 8.95 Å². The van der Waals surface area contributed by atoms with Crippen LogP contribution in [0.5, 0.6) is 0 Å². The first-order chi connectivity index (χ1) is 14.5. The zero-order valence-electron chi connectivity index (χ0n) is 17.0. The first kappa shape index (κ1) is 23.3. The van der Waals surface area contributed by atoms with Gasteiger partial charge in [0.2, 0.25) is 0 Å². The van der Waals surface area contributed by atoms with Crippen LogP contribution in [0, 0.1) is 11.6 Å². The minimum absolute atomic E-state index is 0.0454. The van der Waals surface area contributed by atoms with E-state index in [1.165, 1.54) is 16.7 Å². The number of amides is 1. The lowest BCUT2D eigenvalue weighted by molar-refractivity contribution is 0.134. The van der Waals surface area contributed by atoms with Crippen molar-refractivity contribution in [3.8, 4) is 22.8 Å². The molecule has 0 saturated carbocycles. The highest BCUT2D eigenvalue weighted by atomic mass is 79.9. The van der Waals surface area contributed by atoms with Crippen LogP contribution in [0.1, 0.15) is 20.8 Å². The van der Waals surface area contributed by atoms with Gasteiger partial charge in [-0.2, -0.15) is 0 Å². The average molecular weight is 558 g/mol. The van der Waals surface area contributed by atoms with Crippen molar-refractivity contribution in [1.29, 1.82) is 0 Å². The highest BCUT2D eigenvalue weighted by molar-refractivity contribution is 9.10. The summed E-state index contributed by atoms with van der Waals surface area (Å²) in [5.41, 5.74) is -0.0670. The largest absolute Gasteiger partial charge is 0.448 e. The molecule has 0 spiro atoms. The van der Waals surface area contributed by atoms with Gasteiger partial charge < -0.3 is 14.6 Å². The molecule has 0 bridgehead atoms. The Morgan fingerprint density at radius 3 is 1.90 bits per heavy atom. The molecular formula is C21H20Br2F2N4O2. The van der Waals surface area contributed by atoms with Crippen molar-refractivity contribution >= 4 is 38.0 Å². The SMILES string of the molecule is CC(C)(C)NC(=O)OCCn1c(-c2ccc(Br)cc2F)nnc1-c1ccc(Br)cc1F. The molecule has 31 heavy (non-hydrogen) atoms. The first-order valence-corrected chi connectivity index (χ1v) is 10.9. The van der Waals surface area contributed by atoms with E-state index < -0.39 is 23.3 Å². The number of rotatable bonds is 5. The summed E-state index contributed by atoms with van der Waals surface area (Å²) in [6, 6.07) is 9.06. The second-order valence-corrected chi connectivity index (χ2v) is 9.59. The summed E-state index contributed by atoms with van der Waals surface area (Å²) in [5, 5.41) is 10.9. The van der Waals surface area contributed by atoms with Crippen LogP contribution in [0.3, 0.4) is 0 Å². The Morgan fingerprint density at radius 1 is 1.00 bits per heavy atom. The van der Waals surface area contributed by atoms with Gasteiger partial charge in [0, 0.05) is 14.5 Å². The monoisotopic (exact) mass is 556 g/mol. The van der Waals surface area contributed by atoms with Gasteiger partial charge >= 0.3 is 6.09 Å². The zero-order valence-corrected chi connectivity index (χ0v) is 20.2. The molecule has 1 aromatic heterocycles. The Bertz CT molecular complexity index is 1040. The lowest BCUT2D eigenvalue weighted by atomic mass is 10.1. The van der Waals surface area contributed by atoms with Crippen LogP contribution in [0.2, 0.25) is 0 Å². The number of alkyl carbamates (subject to hydrolysis) is 1. The maximum atomic E-state index is 14.6. The number of benzene rings is 2. The normalized spacial score (nSPS) is 11.5. The first-order valence-electron chi connectivity index (χ1n) is 9.34. The summed E-state index contributed by atoms with van der Waals surface area (Å²) < 4.78 is 37.1. The molecule has 164 valence electrons. The number of carbonyl (C=O) groups is 1. The topological polar surface area (TPSA) is 69.0 Å². The second kappa shape index (κ2) is 9.44. The Kier molecular flexibility index (Phi) is 7.10. The molecule has 3 aromatic rings. The van der Waals surface area contributed by atoms with E-state index in [2.05, 4.69) is 47.4 Å². The molecule has 0 aliphatic carbocycles. The quantitative estimate of drug-likeness (QED) is 0.421. The molecule has 1 heterocycles. The summed E-state index contributed by atoms with van der Waals surface area (Å²) in [6.45, 7) is 5.54. The van der Waals surface area contributed by atoms with Gasteiger partial charge in [0.25, 0.3) is 0 Å². The molecule has 0 aliphatic rings. The summed E-state index contributed by atoms with van der Waals surface area (Å²) in [7, 11) is 0. The fourth-order valence-electron chi connectivity index (χ4n) is 2.83. The Hall–Kier alpha value is -2.33. The van der Waals surface area contributed by atoms with Crippen molar-refractivity contribution in [3.63, 3.8) is 0 Å². The second-order valence-electron chi connectivity index (χ2n) is 7.76. The van der Waals surface area contributed by atoms with Crippen molar-refractivity contribution in [2.45, 2.75) is 32.9 Å². The van der Waals surface area contributed by atoms with E-state index in [1.807, 2.05) is 20.8 Å². The number of aromatic nitrogens is 3. The van der Waals surface area contributed by atoms with Crippen LogP contribution in [0.25, 0.3) is 22.8 Å². The Labute approximate surface area is 195 Å². The molecule has 1 N–H and O–H groups in total. The van der Waals surface area contributed by atoms with Gasteiger partial charge in [-0.25, -0.2) is 13.6 Å². The van der Waals surface area contributed by atoms with E-state index in [1.54, 1.807) is 24.3 Å². The van der Waals surface area contributed by atoms with Crippen LogP contribution in [0.15, 0.2) is 45.3 Å². The van der Waals surface area contributed by atoms with Crippen LogP contribution in [-0.4, -0.2) is 33.0 Å². The molecule has 0 aliphatic heterocycles. The lowest BCUT2D eigenvalue weighted by Crippen LogP contribution is -2.41. The third kappa shape index (κ3) is 5.88. The summed E-state index contributed by atoms with van der Waals surface area (Å²) in [6.07, 6.45) is -0.590. The molecule has 0 atom stereocenters. The predicted molar refractivity (Wildman–Crippen MR) is 120 cm³/mol. The van der Waals surface area contributed by atoms with Crippen molar-refractivity contribution in [2.75, 3.05) is 6.61 Å². The van der Waals surface area contributed by atoms with E-state index in [0.717, 1.165) is 0 Å². The molecule has 6 nitrogen and oxygen atoms in total. The number of nitrogens with zero attached hydrogens (tertiary/aromatic N) is 3. The van der Waals surface area contributed by atoms with Gasteiger partial charge in [-0.05, 0) is 57.2 Å². The number of hydrogen-bond acceptors (Lipinski definition) is 4. The number of halogens is 4. The number of carbonyl (C=O) groups excluding carboxylic acids is 1. The van der Waals surface area contributed by atoms with Crippen molar-refractivity contribution in [3.05, 3.63) is 57.0 Å². The van der Waals surface area contributed by atoms with Crippen LogP contribution >= 0.6 is 31.9 Å². The number of hydrogen-bond donors (Lipinski definition) is 1. The minimum atomic E-state index is -0.590. The van der Waals surface area contributed by atoms with Gasteiger partial charge in [0.15, 0.2) is 11.6 Å². The molecule has 1 amide bonds. The third-order valence-electron chi connectivity index (χ3n) is 4.12. The van der Waals surface area contributed by atoms with Crippen LogP contribution < -0.4 is 5.32 Å². The smallest absolute Gasteiger partial charge is 0.407 e.